The Morgan fingerprint density at radius 1 is 1.45 bits per heavy atom. The third-order valence-electron chi connectivity index (χ3n) is 2.85. The predicted octanol–water partition coefficient (Wildman–Crippen LogP) is 2.33. The lowest BCUT2D eigenvalue weighted by molar-refractivity contribution is 0.101. The number of nitrogens with one attached hydrogen (secondary N) is 1. The molecule has 0 saturated heterocycles. The molecule has 0 aliphatic heterocycles. The van der Waals surface area contributed by atoms with E-state index in [9.17, 15) is 4.79 Å². The largest absolute Gasteiger partial charge is 0.497 e. The molecule has 0 unspecified atom stereocenters. The number of nitrogen functional groups attached to an aromatic ring is 1. The fourth-order valence-corrected chi connectivity index (χ4v) is 2.36. The molecule has 1 heterocycles. The second-order valence-electron chi connectivity index (χ2n) is 4.31. The van der Waals surface area contributed by atoms with Gasteiger partial charge in [-0.15, -0.1) is 0 Å². The second-order valence-corrected chi connectivity index (χ2v) is 5.22. The van der Waals surface area contributed by atoms with E-state index in [1.165, 1.54) is 4.68 Å². The van der Waals surface area contributed by atoms with E-state index in [4.69, 9.17) is 10.5 Å². The van der Waals surface area contributed by atoms with Crippen molar-refractivity contribution >= 4 is 33.2 Å². The molecule has 0 bridgehead atoms. The van der Waals surface area contributed by atoms with Crippen molar-refractivity contribution in [2.75, 3.05) is 18.2 Å². The van der Waals surface area contributed by atoms with E-state index in [2.05, 4.69) is 26.3 Å². The number of hydrogen-bond donors (Lipinski definition) is 2. The van der Waals surface area contributed by atoms with Crippen LogP contribution in [-0.4, -0.2) is 22.8 Å². The maximum atomic E-state index is 12.3. The normalized spacial score (nSPS) is 10.4. The summed E-state index contributed by atoms with van der Waals surface area (Å²) in [4.78, 5) is 12.3. The number of nitrogens with two attached hydrogens (primary N) is 1. The molecule has 3 N–H and O–H groups in total. The molecule has 0 saturated carbocycles. The summed E-state index contributed by atoms with van der Waals surface area (Å²) in [5.74, 6) is 0.328. The van der Waals surface area contributed by atoms with Gasteiger partial charge in [-0.25, -0.2) is 0 Å². The van der Waals surface area contributed by atoms with Crippen LogP contribution in [0.1, 0.15) is 16.2 Å². The summed E-state index contributed by atoms with van der Waals surface area (Å²) < 4.78 is 7.43. The van der Waals surface area contributed by atoms with Crippen LogP contribution >= 0.6 is 15.9 Å². The van der Waals surface area contributed by atoms with Crippen molar-refractivity contribution in [3.05, 3.63) is 34.1 Å². The lowest BCUT2D eigenvalue weighted by Crippen LogP contribution is -2.17. The van der Waals surface area contributed by atoms with Gasteiger partial charge in [0, 0.05) is 23.3 Å². The van der Waals surface area contributed by atoms with Gasteiger partial charge in [0.15, 0.2) is 0 Å². The highest BCUT2D eigenvalue weighted by atomic mass is 79.9. The van der Waals surface area contributed by atoms with E-state index < -0.39 is 0 Å². The Labute approximate surface area is 125 Å². The molecule has 0 spiro atoms. The van der Waals surface area contributed by atoms with Crippen LogP contribution in [-0.2, 0) is 7.05 Å². The number of methoxy groups -OCH3 is 1. The molecule has 1 aromatic heterocycles. The third-order valence-corrected chi connectivity index (χ3v) is 3.31. The summed E-state index contributed by atoms with van der Waals surface area (Å²) in [6.45, 7) is 1.76. The van der Waals surface area contributed by atoms with Gasteiger partial charge in [0.2, 0.25) is 0 Å². The summed E-state index contributed by atoms with van der Waals surface area (Å²) in [6.07, 6.45) is 0. The zero-order valence-corrected chi connectivity index (χ0v) is 13.0. The van der Waals surface area contributed by atoms with E-state index in [0.717, 1.165) is 4.47 Å². The molecule has 1 amide bonds. The second kappa shape index (κ2) is 5.54. The number of benzene rings is 1. The quantitative estimate of drug-likeness (QED) is 0.899. The molecule has 1 aromatic carbocycles. The van der Waals surface area contributed by atoms with Gasteiger partial charge < -0.3 is 15.8 Å². The van der Waals surface area contributed by atoms with Crippen molar-refractivity contribution in [1.82, 2.24) is 9.78 Å². The number of hydrogen-bond acceptors (Lipinski definition) is 4. The van der Waals surface area contributed by atoms with Crippen LogP contribution in [0.3, 0.4) is 0 Å². The Bertz CT molecular complexity index is 667. The molecule has 0 aliphatic carbocycles. The number of aryl methyl sites for hydroxylation is 2. The average molecular weight is 339 g/mol. The lowest BCUT2D eigenvalue weighted by atomic mass is 10.2. The highest BCUT2D eigenvalue weighted by Crippen LogP contribution is 2.25. The number of nitrogens with zero attached hydrogens (tertiary/aromatic N) is 2. The standard InChI is InChI=1S/C13H15BrN4O2/c1-7-11(15)12(18(2)17-7)13(19)16-9-4-8(14)5-10(6-9)20-3/h4-6H,15H2,1-3H3,(H,16,19). The minimum atomic E-state index is -0.314. The van der Waals surface area contributed by atoms with Crippen molar-refractivity contribution in [2.24, 2.45) is 7.05 Å². The lowest BCUT2D eigenvalue weighted by Gasteiger charge is -2.09. The van der Waals surface area contributed by atoms with Crippen LogP contribution in [0.25, 0.3) is 0 Å². The number of aromatic nitrogens is 2. The Kier molecular flexibility index (Phi) is 3.99. The monoisotopic (exact) mass is 338 g/mol. The van der Waals surface area contributed by atoms with Crippen LogP contribution in [0.15, 0.2) is 22.7 Å². The van der Waals surface area contributed by atoms with Gasteiger partial charge >= 0.3 is 0 Å². The molecule has 2 aromatic rings. The number of halogens is 1. The summed E-state index contributed by atoms with van der Waals surface area (Å²) in [6, 6.07) is 5.31. The molecule has 0 aliphatic rings. The maximum absolute atomic E-state index is 12.3. The van der Waals surface area contributed by atoms with E-state index >= 15 is 0 Å². The number of carbonyl (C=O) groups excluding carboxylic acids is 1. The van der Waals surface area contributed by atoms with E-state index in [-0.39, 0.29) is 5.91 Å². The molecule has 0 radical (unpaired) electrons. The summed E-state index contributed by atoms with van der Waals surface area (Å²) in [7, 11) is 3.25. The van der Waals surface area contributed by atoms with Gasteiger partial charge in [-0.3, -0.25) is 9.48 Å². The first-order chi connectivity index (χ1) is 9.42. The minimum Gasteiger partial charge on any atom is -0.497 e. The first kappa shape index (κ1) is 14.4. The molecule has 7 heteroatoms. The molecule has 20 heavy (non-hydrogen) atoms. The first-order valence-corrected chi connectivity index (χ1v) is 6.66. The zero-order chi connectivity index (χ0) is 14.9. The number of anilines is 2. The van der Waals surface area contributed by atoms with Crippen LogP contribution in [0.4, 0.5) is 11.4 Å². The summed E-state index contributed by atoms with van der Waals surface area (Å²) in [5, 5.41) is 6.90. The molecule has 106 valence electrons. The van der Waals surface area contributed by atoms with Crippen molar-refractivity contribution < 1.29 is 9.53 Å². The Morgan fingerprint density at radius 3 is 2.70 bits per heavy atom. The summed E-state index contributed by atoms with van der Waals surface area (Å²) >= 11 is 3.36. The highest BCUT2D eigenvalue weighted by molar-refractivity contribution is 9.10. The van der Waals surface area contributed by atoms with Gasteiger partial charge in [0.05, 0.1) is 18.5 Å². The average Bonchev–Trinajstić information content (AvgIpc) is 2.62. The molecular weight excluding hydrogens is 324 g/mol. The number of ether oxygens (including phenoxy) is 1. The van der Waals surface area contributed by atoms with Crippen LogP contribution < -0.4 is 15.8 Å². The number of carbonyl (C=O) groups is 1. The maximum Gasteiger partial charge on any atom is 0.276 e. The summed E-state index contributed by atoms with van der Waals surface area (Å²) in [5.41, 5.74) is 7.82. The van der Waals surface area contributed by atoms with Gasteiger partial charge in [-0.05, 0) is 19.1 Å². The van der Waals surface area contributed by atoms with Gasteiger partial charge in [-0.2, -0.15) is 5.10 Å². The van der Waals surface area contributed by atoms with E-state index in [0.29, 0.717) is 28.5 Å². The van der Waals surface area contributed by atoms with Crippen LogP contribution in [0.2, 0.25) is 0 Å². The van der Waals surface area contributed by atoms with Gasteiger partial charge in [-0.1, -0.05) is 15.9 Å². The van der Waals surface area contributed by atoms with Crippen molar-refractivity contribution in [1.29, 1.82) is 0 Å². The van der Waals surface area contributed by atoms with Gasteiger partial charge in [0.25, 0.3) is 5.91 Å². The molecule has 6 nitrogen and oxygen atoms in total. The first-order valence-electron chi connectivity index (χ1n) is 5.87. The number of amides is 1. The molecule has 2 rings (SSSR count). The SMILES string of the molecule is COc1cc(Br)cc(NC(=O)c2c(N)c(C)nn2C)c1. The molecule has 0 fully saturated rings. The zero-order valence-electron chi connectivity index (χ0n) is 11.4. The number of rotatable bonds is 3. The van der Waals surface area contributed by atoms with Crippen molar-refractivity contribution in [3.8, 4) is 5.75 Å². The highest BCUT2D eigenvalue weighted by Gasteiger charge is 2.18. The fourth-order valence-electron chi connectivity index (χ4n) is 1.89. The topological polar surface area (TPSA) is 82.2 Å². The van der Waals surface area contributed by atoms with Gasteiger partial charge in [0.1, 0.15) is 11.4 Å². The van der Waals surface area contributed by atoms with Crippen LogP contribution in [0.5, 0.6) is 5.75 Å². The predicted molar refractivity (Wildman–Crippen MR) is 81.0 cm³/mol. The molecule has 0 atom stereocenters. The fraction of sp³-hybridized carbons (Fsp3) is 0.231. The Hall–Kier alpha value is -2.02. The van der Waals surface area contributed by atoms with Crippen molar-refractivity contribution in [3.63, 3.8) is 0 Å². The third kappa shape index (κ3) is 2.77. The minimum absolute atomic E-state index is 0.314. The molecular formula is C13H15BrN4O2. The van der Waals surface area contributed by atoms with Crippen LogP contribution in [0, 0.1) is 6.92 Å². The van der Waals surface area contributed by atoms with E-state index in [1.54, 1.807) is 39.3 Å². The smallest absolute Gasteiger partial charge is 0.276 e. The Morgan fingerprint density at radius 2 is 2.15 bits per heavy atom. The van der Waals surface area contributed by atoms with Crippen molar-refractivity contribution in [2.45, 2.75) is 6.92 Å². The van der Waals surface area contributed by atoms with E-state index in [1.807, 2.05) is 0 Å². The Balaban J connectivity index is 2.30.